The van der Waals surface area contributed by atoms with Crippen LogP contribution in [-0.4, -0.2) is 51.0 Å². The van der Waals surface area contributed by atoms with Crippen LogP contribution in [-0.2, 0) is 26.3 Å². The fourth-order valence-electron chi connectivity index (χ4n) is 3.18. The summed E-state index contributed by atoms with van der Waals surface area (Å²) in [5.41, 5.74) is 0.820. The molecule has 1 heterocycles. The van der Waals surface area contributed by atoms with E-state index in [1.165, 1.54) is 7.11 Å². The van der Waals surface area contributed by atoms with Gasteiger partial charge in [-0.1, -0.05) is 23.7 Å². The van der Waals surface area contributed by atoms with Gasteiger partial charge in [-0.3, -0.25) is 4.79 Å². The number of ether oxygens (including phenoxy) is 1. The van der Waals surface area contributed by atoms with E-state index in [0.29, 0.717) is 11.4 Å². The molecule has 152 valence electrons. The van der Waals surface area contributed by atoms with Gasteiger partial charge in [-0.05, 0) is 56.8 Å². The van der Waals surface area contributed by atoms with Gasteiger partial charge in [0.2, 0.25) is 0 Å². The van der Waals surface area contributed by atoms with Crippen molar-refractivity contribution in [2.24, 2.45) is 0 Å². The molecule has 0 aliphatic carbocycles. The zero-order chi connectivity index (χ0) is 19.9. The summed E-state index contributed by atoms with van der Waals surface area (Å²) in [4.78, 5) is 11.7. The molecule has 27 heavy (non-hydrogen) atoms. The highest BCUT2D eigenvalue weighted by molar-refractivity contribution is 7.87. The Morgan fingerprint density at radius 3 is 2.67 bits per heavy atom. The maximum Gasteiger partial charge on any atom is 0.321 e. The SMILES string of the molecule is COC(=O)CN(CCC[C@]1(C)CCCN1)S(=O)(=O)NCc1ccc(Cl)cc1. The van der Waals surface area contributed by atoms with Crippen LogP contribution < -0.4 is 10.0 Å². The number of esters is 1. The van der Waals surface area contributed by atoms with Gasteiger partial charge in [0, 0.05) is 23.7 Å². The summed E-state index contributed by atoms with van der Waals surface area (Å²) in [5, 5.41) is 4.05. The average molecular weight is 418 g/mol. The van der Waals surface area contributed by atoms with Gasteiger partial charge in [-0.2, -0.15) is 17.4 Å². The van der Waals surface area contributed by atoms with Gasteiger partial charge < -0.3 is 10.1 Å². The molecule has 0 aromatic heterocycles. The molecule has 0 radical (unpaired) electrons. The molecule has 1 saturated heterocycles. The molecule has 0 bridgehead atoms. The Labute approximate surface area is 166 Å². The van der Waals surface area contributed by atoms with Crippen LogP contribution in [0.4, 0.5) is 0 Å². The second kappa shape index (κ2) is 9.84. The molecule has 9 heteroatoms. The first-order valence-electron chi connectivity index (χ1n) is 9.05. The number of hydrogen-bond donors (Lipinski definition) is 2. The number of carbonyl (C=O) groups excluding carboxylic acids is 1. The molecule has 0 amide bonds. The Morgan fingerprint density at radius 2 is 2.07 bits per heavy atom. The molecule has 0 unspecified atom stereocenters. The van der Waals surface area contributed by atoms with Crippen LogP contribution in [0.2, 0.25) is 5.02 Å². The fraction of sp³-hybridized carbons (Fsp3) is 0.611. The van der Waals surface area contributed by atoms with E-state index >= 15 is 0 Å². The minimum absolute atomic E-state index is 0.0391. The van der Waals surface area contributed by atoms with Crippen LogP contribution in [0.25, 0.3) is 0 Å². The molecule has 0 saturated carbocycles. The van der Waals surface area contributed by atoms with E-state index in [1.807, 2.05) is 0 Å². The molecule has 1 atom stereocenters. The Hall–Kier alpha value is -1.19. The van der Waals surface area contributed by atoms with Crippen molar-refractivity contribution in [3.8, 4) is 0 Å². The van der Waals surface area contributed by atoms with E-state index in [9.17, 15) is 13.2 Å². The third-order valence-corrected chi connectivity index (χ3v) is 6.59. The lowest BCUT2D eigenvalue weighted by Crippen LogP contribution is -2.44. The Balaban J connectivity index is 1.97. The number of nitrogens with one attached hydrogen (secondary N) is 2. The maximum absolute atomic E-state index is 12.7. The maximum atomic E-state index is 12.7. The molecule has 1 fully saturated rings. The van der Waals surface area contributed by atoms with Crippen LogP contribution in [0.5, 0.6) is 0 Å². The van der Waals surface area contributed by atoms with Crippen molar-refractivity contribution in [2.45, 2.75) is 44.7 Å². The average Bonchev–Trinajstić information content (AvgIpc) is 3.07. The van der Waals surface area contributed by atoms with Crippen LogP contribution >= 0.6 is 11.6 Å². The van der Waals surface area contributed by atoms with Crippen molar-refractivity contribution in [3.63, 3.8) is 0 Å². The predicted octanol–water partition coefficient (Wildman–Crippen LogP) is 2.07. The molecule has 0 spiro atoms. The second-order valence-corrected chi connectivity index (χ2v) is 9.25. The predicted molar refractivity (Wildman–Crippen MR) is 106 cm³/mol. The normalized spacial score (nSPS) is 20.1. The smallest absolute Gasteiger partial charge is 0.321 e. The van der Waals surface area contributed by atoms with Crippen molar-refractivity contribution >= 4 is 27.8 Å². The minimum atomic E-state index is -3.82. The van der Waals surface area contributed by atoms with Gasteiger partial charge in [-0.15, -0.1) is 0 Å². The first kappa shape index (κ1) is 22.1. The summed E-state index contributed by atoms with van der Waals surface area (Å²) in [5.74, 6) is -0.586. The number of methoxy groups -OCH3 is 1. The number of benzene rings is 1. The highest BCUT2D eigenvalue weighted by Gasteiger charge is 2.29. The van der Waals surface area contributed by atoms with E-state index in [0.717, 1.165) is 35.7 Å². The first-order chi connectivity index (χ1) is 12.7. The van der Waals surface area contributed by atoms with Crippen molar-refractivity contribution in [3.05, 3.63) is 34.9 Å². The lowest BCUT2D eigenvalue weighted by atomic mass is 9.94. The summed E-state index contributed by atoms with van der Waals surface area (Å²) in [6, 6.07) is 6.91. The zero-order valence-electron chi connectivity index (χ0n) is 15.8. The van der Waals surface area contributed by atoms with E-state index in [4.69, 9.17) is 11.6 Å². The number of carbonyl (C=O) groups is 1. The van der Waals surface area contributed by atoms with Crippen LogP contribution in [0.3, 0.4) is 0 Å². The van der Waals surface area contributed by atoms with Crippen molar-refractivity contribution in [2.75, 3.05) is 26.7 Å². The van der Waals surface area contributed by atoms with Gasteiger partial charge in [0.05, 0.1) is 7.11 Å². The highest BCUT2D eigenvalue weighted by Crippen LogP contribution is 2.24. The molecule has 7 nitrogen and oxygen atoms in total. The summed E-state index contributed by atoms with van der Waals surface area (Å²) in [6.45, 7) is 3.20. The number of halogens is 1. The quantitative estimate of drug-likeness (QED) is 0.569. The van der Waals surface area contributed by atoms with Crippen LogP contribution in [0.15, 0.2) is 24.3 Å². The third kappa shape index (κ3) is 7.04. The van der Waals surface area contributed by atoms with Crippen molar-refractivity contribution < 1.29 is 17.9 Å². The number of nitrogens with zero attached hydrogens (tertiary/aromatic N) is 1. The van der Waals surface area contributed by atoms with Gasteiger partial charge in [0.15, 0.2) is 0 Å². The lowest BCUT2D eigenvalue weighted by Gasteiger charge is -2.26. The Morgan fingerprint density at radius 1 is 1.37 bits per heavy atom. The molecular weight excluding hydrogens is 390 g/mol. The number of hydrogen-bond acceptors (Lipinski definition) is 5. The topological polar surface area (TPSA) is 87.7 Å². The van der Waals surface area contributed by atoms with E-state index < -0.39 is 16.2 Å². The van der Waals surface area contributed by atoms with Gasteiger partial charge in [0.1, 0.15) is 6.54 Å². The van der Waals surface area contributed by atoms with Crippen molar-refractivity contribution in [1.29, 1.82) is 0 Å². The van der Waals surface area contributed by atoms with Gasteiger partial charge >= 0.3 is 5.97 Å². The van der Waals surface area contributed by atoms with Crippen molar-refractivity contribution in [1.82, 2.24) is 14.3 Å². The molecule has 1 aliphatic heterocycles. The van der Waals surface area contributed by atoms with Crippen LogP contribution in [0, 0.1) is 0 Å². The number of rotatable bonds is 10. The van der Waals surface area contributed by atoms with E-state index in [1.54, 1.807) is 24.3 Å². The Bertz CT molecular complexity index is 719. The minimum Gasteiger partial charge on any atom is -0.468 e. The zero-order valence-corrected chi connectivity index (χ0v) is 17.4. The second-order valence-electron chi connectivity index (χ2n) is 7.06. The molecular formula is C18H28ClN3O4S. The Kier molecular flexibility index (Phi) is 8.05. The fourth-order valence-corrected chi connectivity index (χ4v) is 4.48. The van der Waals surface area contributed by atoms with Crippen LogP contribution in [0.1, 0.15) is 38.2 Å². The highest BCUT2D eigenvalue weighted by atomic mass is 35.5. The first-order valence-corrected chi connectivity index (χ1v) is 10.9. The molecule has 1 aromatic carbocycles. The molecule has 2 rings (SSSR count). The van der Waals surface area contributed by atoms with Gasteiger partial charge in [0.25, 0.3) is 10.2 Å². The summed E-state index contributed by atoms with van der Waals surface area (Å²) in [6.07, 6.45) is 3.70. The standard InChI is InChI=1S/C18H28ClN3O4S/c1-18(9-3-11-20-18)10-4-12-22(14-17(23)26-2)27(24,25)21-13-15-5-7-16(19)8-6-15/h5-8,20-21H,3-4,9-14H2,1-2H3/t18-/m0/s1. The molecule has 1 aliphatic rings. The third-order valence-electron chi connectivity index (χ3n) is 4.84. The lowest BCUT2D eigenvalue weighted by molar-refractivity contribution is -0.140. The summed E-state index contributed by atoms with van der Waals surface area (Å²) < 4.78 is 33.7. The molecule has 1 aromatic rings. The molecule has 2 N–H and O–H groups in total. The van der Waals surface area contributed by atoms with E-state index in [2.05, 4.69) is 21.7 Å². The van der Waals surface area contributed by atoms with E-state index in [-0.39, 0.29) is 25.2 Å². The summed E-state index contributed by atoms with van der Waals surface area (Å²) >= 11 is 5.84. The summed E-state index contributed by atoms with van der Waals surface area (Å²) in [7, 11) is -2.57. The monoisotopic (exact) mass is 417 g/mol. The largest absolute Gasteiger partial charge is 0.468 e. The van der Waals surface area contributed by atoms with Gasteiger partial charge in [-0.25, -0.2) is 0 Å².